The SMILES string of the molecule is CCN(CCOC([O-])=C1C=CC=C1)c1ccc(N=Nc2ccc(Oc3ccc(SCCCCCCCCS)cc3)cc2)c(C)c1.CCN(CCOC([O-])=C1C=CC=C1)c1ccc(N=Nc2ccc(Oc3ccccc3)cc2)c(C)c1.F[P-](F)(F)(F)(F)F.F[P-](F)(F)(F)(F)F.[CH]1[CH][CH][CH-][CH]1.[Fe+2].[Fe+2].[Fe+2].c1cc[cH-]c1. The second-order valence-electron chi connectivity index (χ2n) is 22.6. The molecule has 3 aliphatic carbocycles. The number of allylic oxidation sites excluding steroid dienone is 10. The van der Waals surface area contributed by atoms with Gasteiger partial charge in [-0.3, -0.25) is 0 Å². The van der Waals surface area contributed by atoms with Gasteiger partial charge in [0.15, 0.2) is 0 Å². The van der Waals surface area contributed by atoms with Gasteiger partial charge in [-0.05, 0) is 196 Å². The summed E-state index contributed by atoms with van der Waals surface area (Å²) >= 11 is 6.18. The molecule has 1 fully saturated rings. The number of rotatable bonds is 29. The minimum absolute atomic E-state index is 0. The molecule has 4 radical (unpaired) electrons. The fourth-order valence-corrected chi connectivity index (χ4v) is 10.2. The molecular weight excluding hydrogens is 1610 g/mol. The van der Waals surface area contributed by atoms with Crippen molar-refractivity contribution in [3.8, 4) is 23.0 Å². The second-order valence-corrected chi connectivity index (χ2v) is 28.1. The number of anilines is 2. The molecule has 0 heterocycles. The van der Waals surface area contributed by atoms with Crippen LogP contribution in [0.25, 0.3) is 0 Å². The average Bonchev–Trinajstić information content (AvgIpc) is 1.04. The van der Waals surface area contributed by atoms with Gasteiger partial charge in [-0.25, -0.2) is 12.1 Å². The van der Waals surface area contributed by atoms with E-state index in [4.69, 9.17) is 18.9 Å². The monoisotopic (exact) mass is 1700 g/mol. The maximum atomic E-state index is 12.1. The molecule has 7 aromatic rings. The molecule has 31 heteroatoms. The van der Waals surface area contributed by atoms with Crippen LogP contribution < -0.4 is 29.5 Å². The predicted octanol–water partition coefficient (Wildman–Crippen LogP) is 26.0. The maximum Gasteiger partial charge on any atom is 2.00 e. The molecule has 0 N–H and O–H groups in total. The number of unbranched alkanes of at least 4 members (excludes halogenated alkanes) is 5. The number of aryl methyl sites for hydroxylation is 2. The number of thioether (sulfide) groups is 1. The summed E-state index contributed by atoms with van der Waals surface area (Å²) in [5.41, 5.74) is 8.41. The van der Waals surface area contributed by atoms with E-state index in [1.807, 2.05) is 228 Å². The van der Waals surface area contributed by atoms with Gasteiger partial charge in [0.2, 0.25) is 0 Å². The molecular formula is C76H82F12Fe3N6O6P2S2. The van der Waals surface area contributed by atoms with Crippen molar-refractivity contribution < 1.29 is 131 Å². The molecule has 0 saturated heterocycles. The van der Waals surface area contributed by atoms with Gasteiger partial charge in [0, 0.05) is 55.7 Å². The molecule has 10 rings (SSSR count). The van der Waals surface area contributed by atoms with Crippen LogP contribution in [0.5, 0.6) is 23.0 Å². The molecule has 0 spiro atoms. The van der Waals surface area contributed by atoms with Crippen LogP contribution in [0.2, 0.25) is 0 Å². The molecule has 0 aromatic heterocycles. The van der Waals surface area contributed by atoms with Crippen molar-refractivity contribution in [2.45, 2.75) is 71.1 Å². The van der Waals surface area contributed by atoms with E-state index in [9.17, 15) is 60.6 Å². The summed E-state index contributed by atoms with van der Waals surface area (Å²) in [5, 5.41) is 41.9. The predicted molar refractivity (Wildman–Crippen MR) is 398 cm³/mol. The fourth-order valence-electron chi connectivity index (χ4n) is 9.02. The maximum absolute atomic E-state index is 12.1. The third-order valence-corrected chi connectivity index (χ3v) is 15.4. The number of hydrogen-bond acceptors (Lipinski definition) is 14. The van der Waals surface area contributed by atoms with Gasteiger partial charge in [0.05, 0.1) is 34.6 Å². The van der Waals surface area contributed by atoms with Crippen molar-refractivity contribution in [2.24, 2.45) is 20.5 Å². The topological polar surface area (TPSA) is 139 Å². The number of halogens is 12. The first kappa shape index (κ1) is 96.1. The molecule has 582 valence electrons. The van der Waals surface area contributed by atoms with E-state index in [1.54, 1.807) is 24.3 Å². The van der Waals surface area contributed by atoms with Gasteiger partial charge in [0.25, 0.3) is 0 Å². The van der Waals surface area contributed by atoms with Gasteiger partial charge in [0.1, 0.15) is 23.0 Å². The van der Waals surface area contributed by atoms with E-state index in [2.05, 4.69) is 81.0 Å². The van der Waals surface area contributed by atoms with Gasteiger partial charge < -0.3 is 45.4 Å². The first-order valence-electron chi connectivity index (χ1n) is 32.8. The normalized spacial score (nSPS) is 13.7. The Balaban J connectivity index is 0.000000547. The molecule has 0 aliphatic heterocycles. The minimum atomic E-state index is -10.7. The third-order valence-electron chi connectivity index (χ3n) is 14.0. The van der Waals surface area contributed by atoms with E-state index in [1.165, 1.54) is 43.4 Å². The standard InChI is InChI=1S/C37H45N3O3S2.C29H29N3O3.2C5H5.2F6P.3Fe/c1-3-40(24-25-42-37(41)30-12-8-9-13-30)32-16-23-36(29(2)28-32)39-38-31-14-17-33(18-15-31)43-34-19-21-35(22-20-34)45-27-11-7-5-4-6-10-26-44;1-3-32(19-20-34-29(33)23-9-7-8-10-23)25-15-18-28(22(2)21-25)31-30-24-13-16-27(17-14-24)35-26-11-5-4-6-12-26;2*1-2-4-5-3-1;2*1-7(2,3,4,5)6;;;/h8-9,12-23,28,41,44H,3-7,10-11,24-27H2,1-2H3;4-18,21,33H,3,19-20H2,1-2H3;2*1-5H;;;;;/q;;4*-1;3*+2/p-2. The summed E-state index contributed by atoms with van der Waals surface area (Å²) in [6.45, 7) is 11.7. The number of hydrogen-bond donors (Lipinski definition) is 1. The van der Waals surface area contributed by atoms with Crippen LogP contribution >= 0.6 is 40.0 Å². The van der Waals surface area contributed by atoms with Crippen LogP contribution in [0.15, 0.2) is 267 Å². The van der Waals surface area contributed by atoms with Crippen molar-refractivity contribution in [3.63, 3.8) is 0 Å². The van der Waals surface area contributed by atoms with Crippen molar-refractivity contribution in [1.82, 2.24) is 0 Å². The average molecular weight is 1700 g/mol. The number of nitrogens with zero attached hydrogens (tertiary/aromatic N) is 6. The molecule has 0 unspecified atom stereocenters. The summed E-state index contributed by atoms with van der Waals surface area (Å²) in [4.78, 5) is 5.61. The van der Waals surface area contributed by atoms with Gasteiger partial charge in [-0.2, -0.15) is 64.1 Å². The van der Waals surface area contributed by atoms with Crippen molar-refractivity contribution >= 4 is 74.1 Å². The van der Waals surface area contributed by atoms with E-state index < -0.39 is 15.6 Å². The largest absolute Gasteiger partial charge is 2.00 e. The first-order chi connectivity index (χ1) is 49.1. The molecule has 0 atom stereocenters. The Morgan fingerprint density at radius 2 is 0.832 bits per heavy atom. The molecule has 3 aliphatic rings. The number of benzene rings is 6. The summed E-state index contributed by atoms with van der Waals surface area (Å²) in [6.07, 6.45) is 32.1. The molecule has 0 amide bonds. The zero-order valence-corrected chi connectivity index (χ0v) is 65.4. The zero-order chi connectivity index (χ0) is 76.0. The van der Waals surface area contributed by atoms with E-state index in [0.717, 1.165) is 92.8 Å². The Morgan fingerprint density at radius 1 is 0.467 bits per heavy atom. The number of likely N-dealkylation sites (N-methyl/N-ethyl adjacent to an activating group) is 2. The number of para-hydroxylation sites is 1. The van der Waals surface area contributed by atoms with Gasteiger partial charge in [-0.15, -0.1) is 11.8 Å². The van der Waals surface area contributed by atoms with Gasteiger partial charge >= 0.3 is 117 Å². The molecule has 107 heavy (non-hydrogen) atoms. The first-order valence-corrected chi connectivity index (χ1v) is 38.5. The number of thiol groups is 1. The molecule has 7 aromatic carbocycles. The van der Waals surface area contributed by atoms with Crippen molar-refractivity contribution in [1.29, 1.82) is 0 Å². The summed E-state index contributed by atoms with van der Waals surface area (Å²) in [5.74, 6) is 4.68. The summed E-state index contributed by atoms with van der Waals surface area (Å²) < 4.78 is 141. The minimum Gasteiger partial charge on any atom is -0.326 e. The van der Waals surface area contributed by atoms with Crippen LogP contribution in [0.3, 0.4) is 0 Å². The third kappa shape index (κ3) is 46.8. The molecule has 0 bridgehead atoms. The van der Waals surface area contributed by atoms with Crippen LogP contribution in [0.1, 0.15) is 63.5 Å². The van der Waals surface area contributed by atoms with Crippen molar-refractivity contribution in [3.05, 3.63) is 285 Å². The molecule has 1 saturated carbocycles. The van der Waals surface area contributed by atoms with Crippen LogP contribution in [-0.2, 0) is 60.7 Å². The Hall–Kier alpha value is -7.01. The van der Waals surface area contributed by atoms with E-state index >= 15 is 0 Å². The van der Waals surface area contributed by atoms with E-state index in [-0.39, 0.29) is 63.1 Å². The zero-order valence-electron chi connectivity index (χ0n) is 58.5. The van der Waals surface area contributed by atoms with Crippen molar-refractivity contribution in [2.75, 3.05) is 60.7 Å². The smallest absolute Gasteiger partial charge is 0.326 e. The summed E-state index contributed by atoms with van der Waals surface area (Å²) in [6, 6.07) is 55.2. The molecule has 12 nitrogen and oxygen atoms in total. The second kappa shape index (κ2) is 45.8. The van der Waals surface area contributed by atoms with Crippen LogP contribution in [0, 0.1) is 46.0 Å². The Kier molecular flexibility index (Phi) is 41.2. The van der Waals surface area contributed by atoms with Crippen LogP contribution in [-0.4, -0.2) is 50.9 Å². The quantitative estimate of drug-likeness (QED) is 0.00559. The van der Waals surface area contributed by atoms with Gasteiger partial charge in [-0.1, -0.05) is 105 Å². The fraction of sp³-hybridized carbons (Fsp3) is 0.237. The Labute approximate surface area is 660 Å². The summed E-state index contributed by atoms with van der Waals surface area (Å²) in [7, 11) is -21.3. The van der Waals surface area contributed by atoms with E-state index in [0.29, 0.717) is 37.4 Å². The Bertz CT molecular complexity index is 3880. The Morgan fingerprint density at radius 3 is 1.17 bits per heavy atom. The van der Waals surface area contributed by atoms with Crippen LogP contribution in [0.4, 0.5) is 84.5 Å². The number of ether oxygens (including phenoxy) is 4. The number of azo groups is 2.